The van der Waals surface area contributed by atoms with Gasteiger partial charge in [0.1, 0.15) is 0 Å². The Morgan fingerprint density at radius 2 is 1.61 bits per heavy atom. The maximum absolute atomic E-state index is 11.7. The lowest BCUT2D eigenvalue weighted by Gasteiger charge is -2.14. The quantitative estimate of drug-likeness (QED) is 0.503. The second-order valence-corrected chi connectivity index (χ2v) is 6.46. The molecule has 2 aromatic rings. The molecular formula is C21H28N4O3. The number of ether oxygens (including phenoxy) is 2. The number of rotatable bonds is 7. The number of methoxy groups -OCH3 is 2. The molecule has 2 aromatic carbocycles. The van der Waals surface area contributed by atoms with E-state index in [1.807, 2.05) is 56.3 Å². The topological polar surface area (TPSA) is 84.0 Å². The fourth-order valence-corrected chi connectivity index (χ4v) is 2.41. The molecule has 0 fully saturated rings. The third-order valence-corrected chi connectivity index (χ3v) is 4.08. The SMILES string of the molecule is CN=C(NCc1ccc(NC(=O)C(C)C)cc1)Nc1ccc(OC)c(OC)c1. The number of amides is 1. The van der Waals surface area contributed by atoms with E-state index < -0.39 is 0 Å². The molecule has 2 rings (SSSR count). The molecule has 7 nitrogen and oxygen atoms in total. The van der Waals surface area contributed by atoms with Crippen molar-refractivity contribution in [3.63, 3.8) is 0 Å². The third-order valence-electron chi connectivity index (χ3n) is 4.08. The Morgan fingerprint density at radius 1 is 0.964 bits per heavy atom. The summed E-state index contributed by atoms with van der Waals surface area (Å²) < 4.78 is 10.6. The standard InChI is InChI=1S/C21H28N4O3/c1-14(2)20(26)24-16-8-6-15(7-9-16)13-23-21(22-3)25-17-10-11-18(27-4)19(12-17)28-5/h6-12,14H,13H2,1-5H3,(H,24,26)(H2,22,23,25). The number of guanidine groups is 1. The first-order valence-electron chi connectivity index (χ1n) is 9.06. The predicted octanol–water partition coefficient (Wildman–Crippen LogP) is 3.49. The van der Waals surface area contributed by atoms with Crippen LogP contribution >= 0.6 is 0 Å². The zero-order chi connectivity index (χ0) is 20.5. The van der Waals surface area contributed by atoms with Gasteiger partial charge in [-0.3, -0.25) is 9.79 Å². The highest BCUT2D eigenvalue weighted by atomic mass is 16.5. The summed E-state index contributed by atoms with van der Waals surface area (Å²) in [6.45, 7) is 4.32. The average molecular weight is 384 g/mol. The van der Waals surface area contributed by atoms with E-state index in [4.69, 9.17) is 9.47 Å². The minimum Gasteiger partial charge on any atom is -0.493 e. The second-order valence-electron chi connectivity index (χ2n) is 6.46. The molecule has 0 radical (unpaired) electrons. The Morgan fingerprint density at radius 3 is 2.18 bits per heavy atom. The third kappa shape index (κ3) is 5.90. The molecular weight excluding hydrogens is 356 g/mol. The second kappa shape index (κ2) is 10.2. The van der Waals surface area contributed by atoms with Gasteiger partial charge in [-0.1, -0.05) is 26.0 Å². The van der Waals surface area contributed by atoms with Gasteiger partial charge in [-0.15, -0.1) is 0 Å². The lowest BCUT2D eigenvalue weighted by atomic mass is 10.1. The molecule has 0 aliphatic carbocycles. The molecule has 0 aliphatic heterocycles. The molecule has 0 spiro atoms. The Kier molecular flexibility index (Phi) is 7.68. The van der Waals surface area contributed by atoms with Gasteiger partial charge in [0.2, 0.25) is 5.91 Å². The fourth-order valence-electron chi connectivity index (χ4n) is 2.41. The van der Waals surface area contributed by atoms with Crippen LogP contribution in [-0.2, 0) is 11.3 Å². The summed E-state index contributed by atoms with van der Waals surface area (Å²) in [5.41, 5.74) is 2.69. The number of anilines is 2. The number of carbonyl (C=O) groups is 1. The number of benzene rings is 2. The molecule has 0 saturated heterocycles. The molecule has 0 heterocycles. The van der Waals surface area contributed by atoms with Gasteiger partial charge in [0.05, 0.1) is 14.2 Å². The summed E-state index contributed by atoms with van der Waals surface area (Å²) >= 11 is 0. The van der Waals surface area contributed by atoms with E-state index in [0.29, 0.717) is 24.0 Å². The first kappa shape index (κ1) is 21.1. The van der Waals surface area contributed by atoms with Crippen LogP contribution in [0.25, 0.3) is 0 Å². The van der Waals surface area contributed by atoms with Crippen molar-refractivity contribution in [3.05, 3.63) is 48.0 Å². The van der Waals surface area contributed by atoms with Crippen molar-refractivity contribution in [3.8, 4) is 11.5 Å². The molecule has 1 amide bonds. The largest absolute Gasteiger partial charge is 0.493 e. The van der Waals surface area contributed by atoms with E-state index in [1.54, 1.807) is 21.3 Å². The van der Waals surface area contributed by atoms with E-state index in [9.17, 15) is 4.79 Å². The van der Waals surface area contributed by atoms with E-state index in [-0.39, 0.29) is 11.8 Å². The van der Waals surface area contributed by atoms with Crippen molar-refractivity contribution >= 4 is 23.2 Å². The van der Waals surface area contributed by atoms with Gasteiger partial charge in [0.15, 0.2) is 17.5 Å². The lowest BCUT2D eigenvalue weighted by Crippen LogP contribution is -2.30. The molecule has 0 saturated carbocycles. The van der Waals surface area contributed by atoms with Gasteiger partial charge in [-0.2, -0.15) is 0 Å². The van der Waals surface area contributed by atoms with Crippen LogP contribution in [0, 0.1) is 5.92 Å². The Hall–Kier alpha value is -3.22. The van der Waals surface area contributed by atoms with Gasteiger partial charge < -0.3 is 25.4 Å². The normalized spacial score (nSPS) is 11.1. The number of nitrogens with one attached hydrogen (secondary N) is 3. The summed E-state index contributed by atoms with van der Waals surface area (Å²) in [6.07, 6.45) is 0. The van der Waals surface area contributed by atoms with E-state index in [0.717, 1.165) is 16.9 Å². The zero-order valence-corrected chi connectivity index (χ0v) is 17.0. The van der Waals surface area contributed by atoms with Crippen LogP contribution in [-0.4, -0.2) is 33.1 Å². The van der Waals surface area contributed by atoms with Crippen molar-refractivity contribution in [2.75, 3.05) is 31.9 Å². The minimum atomic E-state index is -0.0488. The molecule has 0 atom stereocenters. The molecule has 7 heteroatoms. The zero-order valence-electron chi connectivity index (χ0n) is 17.0. The summed E-state index contributed by atoms with van der Waals surface area (Å²) in [7, 11) is 4.91. The molecule has 3 N–H and O–H groups in total. The minimum absolute atomic E-state index is 0.00500. The van der Waals surface area contributed by atoms with Crippen molar-refractivity contribution < 1.29 is 14.3 Å². The number of carbonyl (C=O) groups excluding carboxylic acids is 1. The summed E-state index contributed by atoms with van der Waals surface area (Å²) in [6, 6.07) is 13.3. The summed E-state index contributed by atoms with van der Waals surface area (Å²) in [4.78, 5) is 16.0. The number of nitrogens with zero attached hydrogens (tertiary/aromatic N) is 1. The molecule has 0 unspecified atom stereocenters. The van der Waals surface area contributed by atoms with Crippen molar-refractivity contribution in [2.45, 2.75) is 20.4 Å². The lowest BCUT2D eigenvalue weighted by molar-refractivity contribution is -0.118. The monoisotopic (exact) mass is 384 g/mol. The van der Waals surface area contributed by atoms with Crippen molar-refractivity contribution in [1.82, 2.24) is 5.32 Å². The van der Waals surface area contributed by atoms with Crippen LogP contribution in [0.4, 0.5) is 11.4 Å². The predicted molar refractivity (Wildman–Crippen MR) is 113 cm³/mol. The van der Waals surface area contributed by atoms with Gasteiger partial charge in [0.25, 0.3) is 0 Å². The maximum atomic E-state index is 11.7. The summed E-state index contributed by atoms with van der Waals surface area (Å²) in [5, 5.41) is 9.36. The average Bonchev–Trinajstić information content (AvgIpc) is 2.71. The summed E-state index contributed by atoms with van der Waals surface area (Å²) in [5.74, 6) is 1.89. The molecule has 0 aliphatic rings. The van der Waals surface area contributed by atoms with E-state index in [1.165, 1.54) is 0 Å². The van der Waals surface area contributed by atoms with Crippen molar-refractivity contribution in [2.24, 2.45) is 10.9 Å². The smallest absolute Gasteiger partial charge is 0.226 e. The van der Waals surface area contributed by atoms with Gasteiger partial charge in [0, 0.05) is 37.0 Å². The number of aliphatic imine (C=N–C) groups is 1. The van der Waals surface area contributed by atoms with Crippen LogP contribution in [0.5, 0.6) is 11.5 Å². The Labute approximate surface area is 166 Å². The fraction of sp³-hybridized carbons (Fsp3) is 0.333. The highest BCUT2D eigenvalue weighted by Gasteiger charge is 2.08. The van der Waals surface area contributed by atoms with Crippen LogP contribution in [0.1, 0.15) is 19.4 Å². The van der Waals surface area contributed by atoms with Gasteiger partial charge in [-0.25, -0.2) is 0 Å². The van der Waals surface area contributed by atoms with Crippen LogP contribution in [0.3, 0.4) is 0 Å². The van der Waals surface area contributed by atoms with Crippen LogP contribution in [0.15, 0.2) is 47.5 Å². The van der Waals surface area contributed by atoms with E-state index in [2.05, 4.69) is 20.9 Å². The van der Waals surface area contributed by atoms with Gasteiger partial charge in [-0.05, 0) is 29.8 Å². The first-order valence-corrected chi connectivity index (χ1v) is 9.06. The first-order chi connectivity index (χ1) is 13.5. The van der Waals surface area contributed by atoms with Gasteiger partial charge >= 0.3 is 0 Å². The Balaban J connectivity index is 1.94. The molecule has 0 bridgehead atoms. The molecule has 0 aromatic heterocycles. The number of hydrogen-bond acceptors (Lipinski definition) is 4. The maximum Gasteiger partial charge on any atom is 0.226 e. The van der Waals surface area contributed by atoms with E-state index >= 15 is 0 Å². The van der Waals surface area contributed by atoms with Crippen LogP contribution < -0.4 is 25.4 Å². The Bertz CT molecular complexity index is 817. The van der Waals surface area contributed by atoms with Crippen molar-refractivity contribution in [1.29, 1.82) is 0 Å². The molecule has 150 valence electrons. The number of hydrogen-bond donors (Lipinski definition) is 3. The molecule has 28 heavy (non-hydrogen) atoms. The highest BCUT2D eigenvalue weighted by molar-refractivity contribution is 5.94. The highest BCUT2D eigenvalue weighted by Crippen LogP contribution is 2.29. The van der Waals surface area contributed by atoms with Crippen LogP contribution in [0.2, 0.25) is 0 Å².